The maximum absolute atomic E-state index is 5.09. The van der Waals surface area contributed by atoms with Crippen LogP contribution in [-0.2, 0) is 0 Å². The lowest BCUT2D eigenvalue weighted by atomic mass is 10.0. The molecule has 5 heteroatoms. The van der Waals surface area contributed by atoms with Crippen molar-refractivity contribution in [2.75, 3.05) is 6.54 Å². The Kier molecular flexibility index (Phi) is 4.05. The van der Waals surface area contributed by atoms with Crippen molar-refractivity contribution >= 4 is 16.9 Å². The van der Waals surface area contributed by atoms with E-state index >= 15 is 0 Å². The third kappa shape index (κ3) is 2.86. The van der Waals surface area contributed by atoms with E-state index in [9.17, 15) is 0 Å². The number of rotatable bonds is 3. The molecule has 2 aliphatic heterocycles. The van der Waals surface area contributed by atoms with Crippen LogP contribution >= 0.6 is 11.8 Å². The molecular weight excluding hydrogens is 352 g/mol. The monoisotopic (exact) mass is 374 g/mol. The molecule has 4 nitrogen and oxygen atoms in total. The molecule has 0 amide bonds. The van der Waals surface area contributed by atoms with Gasteiger partial charge in [-0.25, -0.2) is 0 Å². The van der Waals surface area contributed by atoms with Crippen LogP contribution in [0.2, 0.25) is 0 Å². The Balaban J connectivity index is 1.62. The van der Waals surface area contributed by atoms with Crippen LogP contribution in [0.25, 0.3) is 5.69 Å². The molecule has 136 valence electrons. The van der Waals surface area contributed by atoms with Gasteiger partial charge in [-0.1, -0.05) is 36.9 Å². The quantitative estimate of drug-likeness (QED) is 0.662. The van der Waals surface area contributed by atoms with Crippen LogP contribution < -0.4 is 0 Å². The summed E-state index contributed by atoms with van der Waals surface area (Å²) in [5.74, 6) is 0. The number of hydrogen-bond donors (Lipinski definition) is 0. The molecule has 1 fully saturated rings. The van der Waals surface area contributed by atoms with Gasteiger partial charge in [-0.3, -0.25) is 9.98 Å². The first kappa shape index (κ1) is 16.6. The van der Waals surface area contributed by atoms with E-state index in [1.165, 1.54) is 16.9 Å². The number of amidine groups is 1. The highest BCUT2D eigenvalue weighted by Crippen LogP contribution is 2.47. The van der Waals surface area contributed by atoms with Gasteiger partial charge in [-0.05, 0) is 48.9 Å². The van der Waals surface area contributed by atoms with Crippen LogP contribution in [0.5, 0.6) is 0 Å². The molecule has 3 atom stereocenters. The second-order valence-corrected chi connectivity index (χ2v) is 8.68. The van der Waals surface area contributed by atoms with E-state index in [0.29, 0.717) is 5.25 Å². The van der Waals surface area contributed by atoms with E-state index in [2.05, 4.69) is 83.0 Å². The predicted molar refractivity (Wildman–Crippen MR) is 111 cm³/mol. The summed E-state index contributed by atoms with van der Waals surface area (Å²) in [7, 11) is 0. The van der Waals surface area contributed by atoms with Crippen molar-refractivity contribution < 1.29 is 0 Å². The van der Waals surface area contributed by atoms with E-state index in [4.69, 9.17) is 4.99 Å². The minimum Gasteiger partial charge on any atom is -0.339 e. The second-order valence-electron chi connectivity index (χ2n) is 7.28. The van der Waals surface area contributed by atoms with E-state index < -0.39 is 0 Å². The zero-order valence-electron chi connectivity index (χ0n) is 15.5. The molecule has 0 aliphatic carbocycles. The fourth-order valence-electron chi connectivity index (χ4n) is 4.09. The van der Waals surface area contributed by atoms with Crippen LogP contribution in [0.4, 0.5) is 0 Å². The highest BCUT2D eigenvalue weighted by Gasteiger charge is 2.44. The van der Waals surface area contributed by atoms with Gasteiger partial charge in [0.25, 0.3) is 0 Å². The SMILES string of the molecule is Cc1cccc(-n2cccc2[C@H]2[C@H](c3ccccn3)N=C3S[C@@H](C)CN32)c1. The van der Waals surface area contributed by atoms with Gasteiger partial charge in [0.2, 0.25) is 0 Å². The first-order chi connectivity index (χ1) is 13.2. The molecule has 0 unspecified atom stereocenters. The van der Waals surface area contributed by atoms with Gasteiger partial charge in [0, 0.05) is 35.6 Å². The lowest BCUT2D eigenvalue weighted by molar-refractivity contribution is 0.312. The third-order valence-corrected chi connectivity index (χ3v) is 6.35. The predicted octanol–water partition coefficient (Wildman–Crippen LogP) is 4.77. The average Bonchev–Trinajstić information content (AvgIpc) is 3.36. The van der Waals surface area contributed by atoms with Gasteiger partial charge in [0.1, 0.15) is 6.04 Å². The Morgan fingerprint density at radius 3 is 2.81 bits per heavy atom. The molecular formula is C22H22N4S. The molecule has 0 saturated carbocycles. The fraction of sp³-hybridized carbons (Fsp3) is 0.273. The Morgan fingerprint density at radius 1 is 1.07 bits per heavy atom. The second kappa shape index (κ2) is 6.57. The molecule has 0 bridgehead atoms. The lowest BCUT2D eigenvalue weighted by Crippen LogP contribution is -2.30. The normalized spacial score (nSPS) is 24.1. The van der Waals surface area contributed by atoms with Crippen molar-refractivity contribution in [3.8, 4) is 5.69 Å². The van der Waals surface area contributed by atoms with Crippen LogP contribution in [-0.4, -0.2) is 31.4 Å². The van der Waals surface area contributed by atoms with Crippen molar-refractivity contribution in [3.05, 3.63) is 83.9 Å². The van der Waals surface area contributed by atoms with Crippen molar-refractivity contribution in [2.24, 2.45) is 4.99 Å². The minimum absolute atomic E-state index is 0.0275. The van der Waals surface area contributed by atoms with Gasteiger partial charge in [-0.2, -0.15) is 0 Å². The lowest BCUT2D eigenvalue weighted by Gasteiger charge is -2.28. The molecule has 0 N–H and O–H groups in total. The van der Waals surface area contributed by atoms with E-state index in [0.717, 1.165) is 17.4 Å². The van der Waals surface area contributed by atoms with E-state index in [1.807, 2.05) is 24.0 Å². The van der Waals surface area contributed by atoms with E-state index in [-0.39, 0.29) is 12.1 Å². The minimum atomic E-state index is 0.0275. The largest absolute Gasteiger partial charge is 0.339 e. The maximum Gasteiger partial charge on any atom is 0.160 e. The summed E-state index contributed by atoms with van der Waals surface area (Å²) in [6.07, 6.45) is 4.02. The summed E-state index contributed by atoms with van der Waals surface area (Å²) in [6, 6.07) is 19.3. The van der Waals surface area contributed by atoms with Crippen molar-refractivity contribution in [3.63, 3.8) is 0 Å². The van der Waals surface area contributed by atoms with Crippen LogP contribution in [0.3, 0.4) is 0 Å². The summed E-state index contributed by atoms with van der Waals surface area (Å²) < 4.78 is 2.31. The molecule has 2 aliphatic rings. The van der Waals surface area contributed by atoms with Crippen molar-refractivity contribution in [1.29, 1.82) is 0 Å². The van der Waals surface area contributed by atoms with Crippen LogP contribution in [0, 0.1) is 6.92 Å². The molecule has 4 heterocycles. The van der Waals surface area contributed by atoms with Crippen molar-refractivity contribution in [1.82, 2.24) is 14.5 Å². The number of nitrogens with zero attached hydrogens (tertiary/aromatic N) is 4. The Bertz CT molecular complexity index is 994. The number of aryl methyl sites for hydroxylation is 1. The number of aromatic nitrogens is 2. The average molecular weight is 375 g/mol. The first-order valence-electron chi connectivity index (χ1n) is 9.37. The van der Waals surface area contributed by atoms with Crippen LogP contribution in [0.15, 0.2) is 72.0 Å². The number of benzene rings is 1. The van der Waals surface area contributed by atoms with Gasteiger partial charge in [0.15, 0.2) is 5.17 Å². The first-order valence-corrected chi connectivity index (χ1v) is 10.2. The van der Waals surface area contributed by atoms with Crippen molar-refractivity contribution in [2.45, 2.75) is 31.2 Å². The molecule has 0 radical (unpaired) electrons. The standard InChI is InChI=1S/C22H22N4S/c1-15-7-5-8-17(13-15)25-12-6-10-19(25)21-20(18-9-3-4-11-23-18)24-22-26(21)14-16(2)27-22/h3-13,16,20-21H,14H2,1-2H3/t16-,20-,21-/m0/s1. The molecule has 3 aromatic rings. The van der Waals surface area contributed by atoms with E-state index in [1.54, 1.807) is 0 Å². The summed E-state index contributed by atoms with van der Waals surface area (Å²) in [5, 5.41) is 1.72. The van der Waals surface area contributed by atoms with Gasteiger partial charge in [-0.15, -0.1) is 0 Å². The third-order valence-electron chi connectivity index (χ3n) is 5.24. The topological polar surface area (TPSA) is 33.4 Å². The molecule has 1 aromatic carbocycles. The highest BCUT2D eigenvalue weighted by atomic mass is 32.2. The summed E-state index contributed by atoms with van der Waals surface area (Å²) >= 11 is 1.88. The number of thioether (sulfide) groups is 1. The fourth-order valence-corrected chi connectivity index (χ4v) is 5.18. The smallest absolute Gasteiger partial charge is 0.160 e. The maximum atomic E-state index is 5.09. The molecule has 2 aromatic heterocycles. The Morgan fingerprint density at radius 2 is 2.00 bits per heavy atom. The van der Waals surface area contributed by atoms with Gasteiger partial charge in [0.05, 0.1) is 11.7 Å². The number of pyridine rings is 1. The van der Waals surface area contributed by atoms with Gasteiger partial charge < -0.3 is 9.47 Å². The Labute approximate surface area is 164 Å². The summed E-state index contributed by atoms with van der Waals surface area (Å²) in [6.45, 7) is 5.44. The summed E-state index contributed by atoms with van der Waals surface area (Å²) in [4.78, 5) is 12.2. The molecule has 5 rings (SSSR count). The molecule has 1 saturated heterocycles. The molecule has 0 spiro atoms. The summed E-state index contributed by atoms with van der Waals surface area (Å²) in [5.41, 5.74) is 4.77. The number of hydrogen-bond acceptors (Lipinski definition) is 4. The number of aliphatic imine (C=N–C) groups is 1. The zero-order valence-corrected chi connectivity index (χ0v) is 16.3. The van der Waals surface area contributed by atoms with Gasteiger partial charge >= 0.3 is 0 Å². The molecule has 27 heavy (non-hydrogen) atoms. The van der Waals surface area contributed by atoms with Crippen LogP contribution in [0.1, 0.15) is 36.0 Å². The zero-order chi connectivity index (χ0) is 18.4. The Hall–Kier alpha value is -2.53. The highest BCUT2D eigenvalue weighted by molar-refractivity contribution is 8.14. The number of fused-ring (bicyclic) bond motifs is 1.